The number of ether oxygens (including phenoxy) is 2. The highest BCUT2D eigenvalue weighted by atomic mass is 16.5. The zero-order valence-corrected chi connectivity index (χ0v) is 12.0. The molecule has 2 atom stereocenters. The normalized spacial score (nSPS) is 22.4. The number of rotatable bonds is 6. The molecule has 1 heterocycles. The zero-order valence-electron chi connectivity index (χ0n) is 12.0. The van der Waals surface area contributed by atoms with Gasteiger partial charge in [-0.3, -0.25) is 4.79 Å². The number of carbonyl (C=O) groups excluding carboxylic acids is 1. The van der Waals surface area contributed by atoms with Crippen LogP contribution in [0, 0.1) is 0 Å². The van der Waals surface area contributed by atoms with Crippen molar-refractivity contribution in [2.24, 2.45) is 5.73 Å². The Morgan fingerprint density at radius 3 is 2.95 bits per heavy atom. The topological polar surface area (TPSA) is 64.8 Å². The van der Waals surface area contributed by atoms with Crippen molar-refractivity contribution in [3.05, 3.63) is 29.8 Å². The van der Waals surface area contributed by atoms with Crippen LogP contribution in [0.3, 0.4) is 0 Å². The van der Waals surface area contributed by atoms with Crippen LogP contribution in [0.2, 0.25) is 0 Å². The van der Waals surface area contributed by atoms with Gasteiger partial charge in [-0.1, -0.05) is 12.1 Å². The predicted molar refractivity (Wildman–Crippen MR) is 76.5 cm³/mol. The van der Waals surface area contributed by atoms with Gasteiger partial charge in [0.05, 0.1) is 19.3 Å². The molecular weight excluding hydrogens is 256 g/mol. The Bertz CT molecular complexity index is 464. The minimum absolute atomic E-state index is 0.0846. The minimum atomic E-state index is -0.184. The Balaban J connectivity index is 2.23. The van der Waals surface area contributed by atoms with Gasteiger partial charge < -0.3 is 20.1 Å². The summed E-state index contributed by atoms with van der Waals surface area (Å²) in [7, 11) is 1.63. The maximum atomic E-state index is 12.0. The van der Waals surface area contributed by atoms with Crippen molar-refractivity contribution in [3.8, 4) is 5.75 Å². The lowest BCUT2D eigenvalue weighted by Crippen LogP contribution is -2.35. The number of hydrogen-bond acceptors (Lipinski definition) is 4. The standard InChI is InChI=1S/C15H22N2O3/c1-3-20-12-6-4-5-11(9-12)15-13(16)10-14(18)17(15)7-8-19-2/h4-6,9,13,15H,3,7-8,10,16H2,1-2H3. The molecule has 1 fully saturated rings. The highest BCUT2D eigenvalue weighted by molar-refractivity contribution is 5.80. The Hall–Kier alpha value is -1.59. The van der Waals surface area contributed by atoms with Gasteiger partial charge in [0.25, 0.3) is 0 Å². The van der Waals surface area contributed by atoms with Crippen molar-refractivity contribution < 1.29 is 14.3 Å². The minimum Gasteiger partial charge on any atom is -0.494 e. The summed E-state index contributed by atoms with van der Waals surface area (Å²) in [4.78, 5) is 13.8. The molecule has 0 bridgehead atoms. The quantitative estimate of drug-likeness (QED) is 0.852. The molecule has 1 aliphatic rings. The van der Waals surface area contributed by atoms with Crippen LogP contribution in [0.5, 0.6) is 5.75 Å². The van der Waals surface area contributed by atoms with Gasteiger partial charge in [0.15, 0.2) is 0 Å². The molecule has 0 aliphatic carbocycles. The summed E-state index contributed by atoms with van der Waals surface area (Å²) < 4.78 is 10.6. The van der Waals surface area contributed by atoms with Crippen LogP contribution in [0.15, 0.2) is 24.3 Å². The first-order valence-corrected chi connectivity index (χ1v) is 6.94. The smallest absolute Gasteiger partial charge is 0.224 e. The van der Waals surface area contributed by atoms with Crippen molar-refractivity contribution in [3.63, 3.8) is 0 Å². The summed E-state index contributed by atoms with van der Waals surface area (Å²) >= 11 is 0. The van der Waals surface area contributed by atoms with Crippen LogP contribution in [0.4, 0.5) is 0 Å². The Labute approximate surface area is 119 Å². The highest BCUT2D eigenvalue weighted by Crippen LogP contribution is 2.33. The van der Waals surface area contributed by atoms with Gasteiger partial charge >= 0.3 is 0 Å². The first kappa shape index (κ1) is 14.8. The number of benzene rings is 1. The van der Waals surface area contributed by atoms with Gasteiger partial charge in [-0.2, -0.15) is 0 Å². The molecule has 5 nitrogen and oxygen atoms in total. The molecule has 1 amide bonds. The molecule has 0 aromatic heterocycles. The summed E-state index contributed by atoms with van der Waals surface area (Å²) in [5.74, 6) is 0.893. The van der Waals surface area contributed by atoms with E-state index in [2.05, 4.69) is 0 Å². The van der Waals surface area contributed by atoms with E-state index in [0.717, 1.165) is 11.3 Å². The second-order valence-corrected chi connectivity index (χ2v) is 4.90. The van der Waals surface area contributed by atoms with Crippen LogP contribution in [0.1, 0.15) is 24.9 Å². The van der Waals surface area contributed by atoms with Gasteiger partial charge in [0, 0.05) is 26.1 Å². The zero-order chi connectivity index (χ0) is 14.5. The van der Waals surface area contributed by atoms with E-state index in [0.29, 0.717) is 26.2 Å². The molecule has 2 N–H and O–H groups in total. The van der Waals surface area contributed by atoms with Crippen LogP contribution in [-0.4, -0.2) is 43.7 Å². The van der Waals surface area contributed by atoms with Gasteiger partial charge in [-0.15, -0.1) is 0 Å². The van der Waals surface area contributed by atoms with Gasteiger partial charge in [0.1, 0.15) is 5.75 Å². The Morgan fingerprint density at radius 1 is 1.45 bits per heavy atom. The molecule has 2 rings (SSSR count). The number of hydrogen-bond donors (Lipinski definition) is 1. The lowest BCUT2D eigenvalue weighted by atomic mass is 10.0. The fourth-order valence-corrected chi connectivity index (χ4v) is 2.65. The molecule has 5 heteroatoms. The lowest BCUT2D eigenvalue weighted by Gasteiger charge is -2.27. The monoisotopic (exact) mass is 278 g/mol. The van der Waals surface area contributed by atoms with Crippen molar-refractivity contribution >= 4 is 5.91 Å². The van der Waals surface area contributed by atoms with E-state index in [9.17, 15) is 4.79 Å². The van der Waals surface area contributed by atoms with E-state index >= 15 is 0 Å². The number of nitrogens with zero attached hydrogens (tertiary/aromatic N) is 1. The van der Waals surface area contributed by atoms with E-state index in [4.69, 9.17) is 15.2 Å². The maximum absolute atomic E-state index is 12.0. The number of methoxy groups -OCH3 is 1. The average molecular weight is 278 g/mol. The predicted octanol–water partition coefficient (Wildman–Crippen LogP) is 1.33. The summed E-state index contributed by atoms with van der Waals surface area (Å²) in [5, 5.41) is 0. The molecule has 0 radical (unpaired) electrons. The van der Waals surface area contributed by atoms with Crippen molar-refractivity contribution in [2.75, 3.05) is 26.9 Å². The molecule has 1 aliphatic heterocycles. The Kier molecular flexibility index (Phi) is 4.98. The molecule has 2 unspecified atom stereocenters. The SMILES string of the molecule is CCOc1cccc(C2C(N)CC(=O)N2CCOC)c1. The molecule has 0 saturated carbocycles. The molecule has 0 spiro atoms. The molecule has 20 heavy (non-hydrogen) atoms. The fourth-order valence-electron chi connectivity index (χ4n) is 2.65. The first-order valence-electron chi connectivity index (χ1n) is 6.94. The average Bonchev–Trinajstić information content (AvgIpc) is 2.71. The van der Waals surface area contributed by atoms with Crippen LogP contribution in [-0.2, 0) is 9.53 Å². The van der Waals surface area contributed by atoms with Crippen LogP contribution in [0.25, 0.3) is 0 Å². The number of likely N-dealkylation sites (tertiary alicyclic amines) is 1. The van der Waals surface area contributed by atoms with E-state index in [1.807, 2.05) is 31.2 Å². The summed E-state index contributed by atoms with van der Waals surface area (Å²) in [5.41, 5.74) is 7.16. The third kappa shape index (κ3) is 3.11. The summed E-state index contributed by atoms with van der Waals surface area (Å²) in [6.45, 7) is 3.64. The fraction of sp³-hybridized carbons (Fsp3) is 0.533. The van der Waals surface area contributed by atoms with E-state index in [-0.39, 0.29) is 18.0 Å². The van der Waals surface area contributed by atoms with E-state index < -0.39 is 0 Å². The van der Waals surface area contributed by atoms with E-state index in [1.54, 1.807) is 12.0 Å². The Morgan fingerprint density at radius 2 is 2.25 bits per heavy atom. The first-order chi connectivity index (χ1) is 9.67. The highest BCUT2D eigenvalue weighted by Gasteiger charge is 2.38. The van der Waals surface area contributed by atoms with Crippen LogP contribution < -0.4 is 10.5 Å². The van der Waals surface area contributed by atoms with E-state index in [1.165, 1.54) is 0 Å². The number of carbonyl (C=O) groups is 1. The second kappa shape index (κ2) is 6.72. The number of nitrogens with two attached hydrogens (primary N) is 1. The lowest BCUT2D eigenvalue weighted by molar-refractivity contribution is -0.129. The van der Waals surface area contributed by atoms with Gasteiger partial charge in [0.2, 0.25) is 5.91 Å². The maximum Gasteiger partial charge on any atom is 0.224 e. The summed E-state index contributed by atoms with van der Waals surface area (Å²) in [6.07, 6.45) is 0.382. The van der Waals surface area contributed by atoms with Gasteiger partial charge in [-0.25, -0.2) is 0 Å². The van der Waals surface area contributed by atoms with Crippen LogP contribution >= 0.6 is 0 Å². The third-order valence-corrected chi connectivity index (χ3v) is 3.52. The van der Waals surface area contributed by atoms with Crippen molar-refractivity contribution in [2.45, 2.75) is 25.4 Å². The second-order valence-electron chi connectivity index (χ2n) is 4.90. The van der Waals surface area contributed by atoms with Gasteiger partial charge in [-0.05, 0) is 24.6 Å². The molecule has 1 aromatic carbocycles. The third-order valence-electron chi connectivity index (χ3n) is 3.52. The molecule has 1 aromatic rings. The number of amides is 1. The molecule has 1 saturated heterocycles. The molecular formula is C15H22N2O3. The van der Waals surface area contributed by atoms with Crippen molar-refractivity contribution in [1.82, 2.24) is 4.90 Å². The largest absolute Gasteiger partial charge is 0.494 e. The van der Waals surface area contributed by atoms with Crippen molar-refractivity contribution in [1.29, 1.82) is 0 Å². The summed E-state index contributed by atoms with van der Waals surface area (Å²) in [6, 6.07) is 7.52. The molecule has 110 valence electrons.